The van der Waals surface area contributed by atoms with Gasteiger partial charge >= 0.3 is 11.5 Å². The molecule has 1 aliphatic rings. The molecule has 0 bridgehead atoms. The highest BCUT2D eigenvalue weighted by Gasteiger charge is 2.18. The number of imidazole rings is 1. The number of nitrogens with zero attached hydrogens (tertiary/aromatic N) is 4. The minimum Gasteiger partial charge on any atom is -0.358 e. The summed E-state index contributed by atoms with van der Waals surface area (Å²) in [6.07, 6.45) is 3.65. The smallest absolute Gasteiger partial charge is 0.358 e. The predicted molar refractivity (Wildman–Crippen MR) is 94.0 cm³/mol. The Kier molecular flexibility index (Phi) is 5.07. The second kappa shape index (κ2) is 7.26. The summed E-state index contributed by atoms with van der Waals surface area (Å²) in [5.74, 6) is 2.00. The number of rotatable bonds is 6. The second-order valence-corrected chi connectivity index (χ2v) is 7.05. The molecule has 3 heterocycles. The van der Waals surface area contributed by atoms with Crippen LogP contribution < -0.4 is 11.2 Å². The van der Waals surface area contributed by atoms with Crippen molar-refractivity contribution in [1.82, 2.24) is 19.1 Å². The van der Waals surface area contributed by atoms with E-state index in [2.05, 4.69) is 9.97 Å². The molecule has 0 aromatic carbocycles. The van der Waals surface area contributed by atoms with Crippen molar-refractivity contribution in [2.45, 2.75) is 45.0 Å². The van der Waals surface area contributed by atoms with Gasteiger partial charge in [-0.05, 0) is 34.9 Å². The van der Waals surface area contributed by atoms with Crippen molar-refractivity contribution in [1.29, 1.82) is 0 Å². The summed E-state index contributed by atoms with van der Waals surface area (Å²) in [7, 11) is 0. The summed E-state index contributed by atoms with van der Waals surface area (Å²) in [6, 6.07) is 0. The molecule has 134 valence electrons. The molecule has 0 aliphatic carbocycles. The number of nitrogens with one attached hydrogen (secondary N) is 1. The number of hydrogen-bond acceptors (Lipinski definition) is 6. The van der Waals surface area contributed by atoms with Gasteiger partial charge in [-0.3, -0.25) is 14.3 Å². The van der Waals surface area contributed by atoms with Gasteiger partial charge in [-0.25, -0.2) is 4.79 Å². The Morgan fingerprint density at radius 1 is 1.36 bits per heavy atom. The zero-order valence-electron chi connectivity index (χ0n) is 13.9. The van der Waals surface area contributed by atoms with Gasteiger partial charge in [-0.1, -0.05) is 0 Å². The summed E-state index contributed by atoms with van der Waals surface area (Å²) in [4.78, 5) is 40.5. The Morgan fingerprint density at radius 2 is 2.12 bits per heavy atom. The largest absolute Gasteiger partial charge is 0.381 e. The van der Waals surface area contributed by atoms with Gasteiger partial charge < -0.3 is 14.7 Å². The van der Waals surface area contributed by atoms with E-state index in [1.807, 2.05) is 0 Å². The molecular formula is C15H19N5O4S. The molecule has 0 amide bonds. The molecule has 1 aliphatic heterocycles. The maximum Gasteiger partial charge on any atom is 0.381 e. The Bertz CT molecular complexity index is 914. The average molecular weight is 365 g/mol. The Hall–Kier alpha value is -2.36. The van der Waals surface area contributed by atoms with E-state index < -0.39 is 4.92 Å². The van der Waals surface area contributed by atoms with Crippen molar-refractivity contribution >= 4 is 17.6 Å². The topological polar surface area (TPSA) is 116 Å². The lowest BCUT2D eigenvalue weighted by atomic mass is 10.2. The van der Waals surface area contributed by atoms with Crippen molar-refractivity contribution in [3.63, 3.8) is 0 Å². The van der Waals surface area contributed by atoms with Crippen LogP contribution in [0.25, 0.3) is 0 Å². The van der Waals surface area contributed by atoms with E-state index in [1.54, 1.807) is 27.8 Å². The monoisotopic (exact) mass is 365 g/mol. The number of thioether (sulfide) groups is 1. The van der Waals surface area contributed by atoms with Crippen LogP contribution in [0.2, 0.25) is 0 Å². The maximum absolute atomic E-state index is 12.1. The summed E-state index contributed by atoms with van der Waals surface area (Å²) in [5, 5.41) is 10.7. The standard InChI is InChI=1S/C15H19N5O4S/c1-10-16-13(20(23)24)8-18(10)5-2-3-6-19-12-4-7-25-9-11(12)14(21)17-15(19)22/h8H,2-7,9H2,1H3,(H,17,21,22). The van der Waals surface area contributed by atoms with E-state index in [0.29, 0.717) is 30.2 Å². The lowest BCUT2D eigenvalue weighted by Gasteiger charge is -2.19. The summed E-state index contributed by atoms with van der Waals surface area (Å²) < 4.78 is 3.42. The van der Waals surface area contributed by atoms with Crippen LogP contribution in [-0.2, 0) is 25.3 Å². The maximum atomic E-state index is 12.1. The van der Waals surface area contributed by atoms with Gasteiger partial charge in [0, 0.05) is 37.0 Å². The van der Waals surface area contributed by atoms with Crippen LogP contribution in [-0.4, -0.2) is 29.8 Å². The van der Waals surface area contributed by atoms with E-state index in [-0.39, 0.29) is 17.1 Å². The zero-order valence-corrected chi connectivity index (χ0v) is 14.7. The van der Waals surface area contributed by atoms with Crippen molar-refractivity contribution in [3.8, 4) is 0 Å². The number of nitro groups is 1. The molecule has 1 N–H and O–H groups in total. The van der Waals surface area contributed by atoms with Crippen LogP contribution >= 0.6 is 11.8 Å². The molecule has 9 nitrogen and oxygen atoms in total. The Labute approximate surface area is 147 Å². The number of fused-ring (bicyclic) bond motifs is 1. The molecule has 25 heavy (non-hydrogen) atoms. The van der Waals surface area contributed by atoms with Crippen LogP contribution in [0.3, 0.4) is 0 Å². The lowest BCUT2D eigenvalue weighted by molar-refractivity contribution is -0.389. The van der Waals surface area contributed by atoms with Gasteiger partial charge in [0.2, 0.25) is 5.82 Å². The van der Waals surface area contributed by atoms with E-state index in [9.17, 15) is 19.7 Å². The molecule has 2 aromatic rings. The highest BCUT2D eigenvalue weighted by molar-refractivity contribution is 7.98. The molecule has 0 saturated heterocycles. The molecule has 3 rings (SSSR count). The molecule has 0 radical (unpaired) electrons. The fraction of sp³-hybridized carbons (Fsp3) is 0.533. The zero-order chi connectivity index (χ0) is 18.0. The minimum atomic E-state index is -0.506. The van der Waals surface area contributed by atoms with Crippen molar-refractivity contribution in [2.75, 3.05) is 5.75 Å². The fourth-order valence-electron chi connectivity index (χ4n) is 3.03. The SMILES string of the molecule is Cc1nc([N+](=O)[O-])cn1CCCCn1c2c(c(=O)[nH]c1=O)CSCC2. The lowest BCUT2D eigenvalue weighted by Crippen LogP contribution is -2.36. The number of aromatic nitrogens is 4. The fourth-order valence-corrected chi connectivity index (χ4v) is 4.01. The quantitative estimate of drug-likeness (QED) is 0.467. The van der Waals surface area contributed by atoms with Crippen LogP contribution in [0.4, 0.5) is 5.82 Å². The first-order chi connectivity index (χ1) is 12.0. The first-order valence-corrected chi connectivity index (χ1v) is 9.23. The Balaban J connectivity index is 1.66. The molecule has 0 spiro atoms. The molecule has 2 aromatic heterocycles. The van der Waals surface area contributed by atoms with Crippen molar-refractivity contribution in [2.24, 2.45) is 0 Å². The first kappa shape index (κ1) is 17.5. The van der Waals surface area contributed by atoms with E-state index in [0.717, 1.165) is 30.7 Å². The second-order valence-electron chi connectivity index (χ2n) is 5.94. The third-order valence-electron chi connectivity index (χ3n) is 4.32. The number of aromatic amines is 1. The summed E-state index contributed by atoms with van der Waals surface area (Å²) >= 11 is 1.70. The average Bonchev–Trinajstić information content (AvgIpc) is 2.95. The molecule has 0 unspecified atom stereocenters. The van der Waals surface area contributed by atoms with E-state index in [4.69, 9.17) is 0 Å². The highest BCUT2D eigenvalue weighted by atomic mass is 32.2. The van der Waals surface area contributed by atoms with E-state index >= 15 is 0 Å². The highest BCUT2D eigenvalue weighted by Crippen LogP contribution is 2.20. The van der Waals surface area contributed by atoms with Crippen LogP contribution in [0.5, 0.6) is 0 Å². The van der Waals surface area contributed by atoms with Crippen molar-refractivity contribution in [3.05, 3.63) is 54.2 Å². The molecule has 0 atom stereocenters. The number of aryl methyl sites for hydroxylation is 2. The third-order valence-corrected chi connectivity index (χ3v) is 5.31. The third kappa shape index (κ3) is 3.68. The number of hydrogen-bond donors (Lipinski definition) is 1. The van der Waals surface area contributed by atoms with Crippen LogP contribution in [0, 0.1) is 17.0 Å². The summed E-state index contributed by atoms with van der Waals surface area (Å²) in [5.41, 5.74) is 0.925. The van der Waals surface area contributed by atoms with Gasteiger partial charge in [0.25, 0.3) is 5.56 Å². The van der Waals surface area contributed by atoms with Gasteiger partial charge in [0.1, 0.15) is 6.20 Å². The molecule has 10 heteroatoms. The predicted octanol–water partition coefficient (Wildman–Crippen LogP) is 1.22. The van der Waals surface area contributed by atoms with Gasteiger partial charge in [0.15, 0.2) is 0 Å². The molecule has 0 saturated carbocycles. The van der Waals surface area contributed by atoms with Gasteiger partial charge in [-0.15, -0.1) is 0 Å². The number of unbranched alkanes of at least 4 members (excludes halogenated alkanes) is 1. The minimum absolute atomic E-state index is 0.152. The van der Waals surface area contributed by atoms with Crippen molar-refractivity contribution < 1.29 is 4.92 Å². The van der Waals surface area contributed by atoms with Crippen LogP contribution in [0.1, 0.15) is 29.9 Å². The van der Waals surface area contributed by atoms with E-state index in [1.165, 1.54) is 6.20 Å². The first-order valence-electron chi connectivity index (χ1n) is 8.08. The van der Waals surface area contributed by atoms with Gasteiger partial charge in [0.05, 0.1) is 0 Å². The number of H-pyrrole nitrogens is 1. The Morgan fingerprint density at radius 3 is 2.84 bits per heavy atom. The molecule has 0 fully saturated rings. The van der Waals surface area contributed by atoms with Gasteiger partial charge in [-0.2, -0.15) is 11.8 Å². The normalized spacial score (nSPS) is 13.6. The van der Waals surface area contributed by atoms with Crippen LogP contribution in [0.15, 0.2) is 15.8 Å². The molecular weight excluding hydrogens is 346 g/mol. The summed E-state index contributed by atoms with van der Waals surface area (Å²) in [6.45, 7) is 2.86.